The highest BCUT2D eigenvalue weighted by Gasteiger charge is 2.23. The Morgan fingerprint density at radius 3 is 2.65 bits per heavy atom. The molecule has 1 aliphatic heterocycles. The van der Waals surface area contributed by atoms with Crippen LogP contribution in [0.1, 0.15) is 35.0 Å². The number of thiazole rings is 1. The maximum absolute atomic E-state index is 12.1. The molecule has 0 radical (unpaired) electrons. The van der Waals surface area contributed by atoms with E-state index in [-0.39, 0.29) is 5.91 Å². The van der Waals surface area contributed by atoms with Gasteiger partial charge in [-0.2, -0.15) is 0 Å². The molecule has 0 bridgehead atoms. The molecule has 2 heterocycles. The predicted octanol–water partition coefficient (Wildman–Crippen LogP) is 3.85. The molecule has 3 rings (SSSR count). The number of amides is 1. The van der Waals surface area contributed by atoms with Crippen LogP contribution in [0.3, 0.4) is 0 Å². The summed E-state index contributed by atoms with van der Waals surface area (Å²) in [7, 11) is 0. The maximum Gasteiger partial charge on any atom is 0.234 e. The third kappa shape index (κ3) is 5.83. The molecule has 6 heteroatoms. The smallest absolute Gasteiger partial charge is 0.234 e. The monoisotopic (exact) mass is 389 g/mol. The van der Waals surface area contributed by atoms with Gasteiger partial charge in [0.1, 0.15) is 0 Å². The molecule has 140 valence electrons. The fourth-order valence-electron chi connectivity index (χ4n) is 3.15. The zero-order valence-electron chi connectivity index (χ0n) is 15.5. The van der Waals surface area contributed by atoms with Crippen LogP contribution >= 0.6 is 23.1 Å². The zero-order chi connectivity index (χ0) is 18.4. The molecule has 1 aromatic carbocycles. The highest BCUT2D eigenvalue weighted by Crippen LogP contribution is 2.30. The number of piperidine rings is 1. The van der Waals surface area contributed by atoms with Crippen LogP contribution in [0.25, 0.3) is 0 Å². The molecule has 1 N–H and O–H groups in total. The molecule has 4 nitrogen and oxygen atoms in total. The highest BCUT2D eigenvalue weighted by molar-refractivity contribution is 7.99. The minimum atomic E-state index is 0.137. The molecular formula is C20H27N3OS2. The number of hydrogen-bond donors (Lipinski definition) is 1. The normalized spacial score (nSPS) is 15.9. The quantitative estimate of drug-likeness (QED) is 0.577. The van der Waals surface area contributed by atoms with Crippen molar-refractivity contribution in [2.45, 2.75) is 37.5 Å². The molecule has 0 unspecified atom stereocenters. The number of hydrogen-bond acceptors (Lipinski definition) is 5. The molecule has 1 aromatic heterocycles. The minimum absolute atomic E-state index is 0.137. The first-order valence-electron chi connectivity index (χ1n) is 9.20. The van der Waals surface area contributed by atoms with Gasteiger partial charge in [-0.3, -0.25) is 9.69 Å². The summed E-state index contributed by atoms with van der Waals surface area (Å²) in [6.45, 7) is 7.33. The van der Waals surface area contributed by atoms with Crippen LogP contribution in [-0.4, -0.2) is 47.7 Å². The van der Waals surface area contributed by atoms with E-state index in [0.29, 0.717) is 19.0 Å². The number of likely N-dealkylation sites (tertiary alicyclic amines) is 1. The van der Waals surface area contributed by atoms with Crippen LogP contribution in [0.5, 0.6) is 0 Å². The van der Waals surface area contributed by atoms with Crippen molar-refractivity contribution in [2.75, 3.05) is 31.9 Å². The Bertz CT molecular complexity index is 706. The van der Waals surface area contributed by atoms with Crippen molar-refractivity contribution in [1.29, 1.82) is 0 Å². The Hall–Kier alpha value is -1.37. The van der Waals surface area contributed by atoms with E-state index >= 15 is 0 Å². The summed E-state index contributed by atoms with van der Waals surface area (Å²) in [5, 5.41) is 6.44. The summed E-state index contributed by atoms with van der Waals surface area (Å²) in [6.07, 6.45) is 2.20. The minimum Gasteiger partial charge on any atom is -0.354 e. The van der Waals surface area contributed by atoms with E-state index in [1.165, 1.54) is 15.5 Å². The Morgan fingerprint density at radius 2 is 2.00 bits per heavy atom. The summed E-state index contributed by atoms with van der Waals surface area (Å²) in [4.78, 5) is 20.3. The van der Waals surface area contributed by atoms with Gasteiger partial charge in [0, 0.05) is 34.2 Å². The highest BCUT2D eigenvalue weighted by atomic mass is 32.2. The van der Waals surface area contributed by atoms with Gasteiger partial charge in [-0.1, -0.05) is 17.7 Å². The van der Waals surface area contributed by atoms with Crippen molar-refractivity contribution >= 4 is 29.0 Å². The number of thioether (sulfide) groups is 1. The lowest BCUT2D eigenvalue weighted by Crippen LogP contribution is -2.41. The summed E-state index contributed by atoms with van der Waals surface area (Å²) < 4.78 is 0. The third-order valence-corrected chi connectivity index (χ3v) is 6.79. The predicted molar refractivity (Wildman–Crippen MR) is 110 cm³/mol. The molecule has 1 amide bonds. The Labute approximate surface area is 164 Å². The van der Waals surface area contributed by atoms with Crippen molar-refractivity contribution < 1.29 is 4.79 Å². The molecule has 0 spiro atoms. The molecule has 26 heavy (non-hydrogen) atoms. The second-order valence-electron chi connectivity index (χ2n) is 6.89. The Kier molecular flexibility index (Phi) is 7.11. The molecule has 1 fully saturated rings. The lowest BCUT2D eigenvalue weighted by atomic mass is 9.97. The van der Waals surface area contributed by atoms with Crippen LogP contribution in [0.4, 0.5) is 0 Å². The Morgan fingerprint density at radius 1 is 1.27 bits per heavy atom. The number of nitrogens with one attached hydrogen (secondary N) is 1. The maximum atomic E-state index is 12.1. The van der Waals surface area contributed by atoms with Crippen LogP contribution < -0.4 is 5.32 Å². The molecule has 0 aliphatic carbocycles. The lowest BCUT2D eigenvalue weighted by molar-refractivity contribution is -0.122. The fourth-order valence-corrected chi connectivity index (χ4v) is 4.89. The van der Waals surface area contributed by atoms with Gasteiger partial charge in [-0.15, -0.1) is 23.1 Å². The first-order valence-corrected chi connectivity index (χ1v) is 11.1. The van der Waals surface area contributed by atoms with Crippen molar-refractivity contribution in [3.05, 3.63) is 45.9 Å². The van der Waals surface area contributed by atoms with Crippen molar-refractivity contribution in [2.24, 2.45) is 0 Å². The largest absolute Gasteiger partial charge is 0.354 e. The molecule has 1 aliphatic rings. The average molecular weight is 390 g/mol. The Balaban J connectivity index is 1.31. The first-order chi connectivity index (χ1) is 12.6. The molecular weight excluding hydrogens is 362 g/mol. The van der Waals surface area contributed by atoms with Crippen molar-refractivity contribution in [3.63, 3.8) is 0 Å². The van der Waals surface area contributed by atoms with Gasteiger partial charge in [0.05, 0.1) is 11.6 Å². The van der Waals surface area contributed by atoms with Gasteiger partial charge in [0.25, 0.3) is 0 Å². The van der Waals surface area contributed by atoms with E-state index in [0.717, 1.165) is 37.4 Å². The first kappa shape index (κ1) is 19.4. The summed E-state index contributed by atoms with van der Waals surface area (Å²) >= 11 is 3.56. The van der Waals surface area contributed by atoms with E-state index in [2.05, 4.69) is 58.7 Å². The average Bonchev–Trinajstić information content (AvgIpc) is 3.07. The summed E-state index contributed by atoms with van der Waals surface area (Å²) in [6, 6.07) is 8.51. The fraction of sp³-hybridized carbons (Fsp3) is 0.500. The van der Waals surface area contributed by atoms with E-state index in [1.807, 2.05) is 0 Å². The van der Waals surface area contributed by atoms with Crippen LogP contribution in [0.15, 0.2) is 34.5 Å². The second kappa shape index (κ2) is 9.53. The van der Waals surface area contributed by atoms with Gasteiger partial charge in [-0.05, 0) is 51.9 Å². The summed E-state index contributed by atoms with van der Waals surface area (Å²) in [5.74, 6) is 1.61. The lowest BCUT2D eigenvalue weighted by Gasteiger charge is -2.30. The standard InChI is InChI=1S/C20H27N3OS2/c1-15-3-5-18(6-4-15)25-12-9-21-19(24)13-23-10-7-17(8-11-23)20-22-16(2)14-26-20/h3-6,14,17H,7-13H2,1-2H3,(H,21,24). The number of nitrogens with zero attached hydrogens (tertiary/aromatic N) is 2. The molecule has 0 atom stereocenters. The zero-order valence-corrected chi connectivity index (χ0v) is 17.2. The van der Waals surface area contributed by atoms with Gasteiger partial charge in [-0.25, -0.2) is 4.98 Å². The number of aromatic nitrogens is 1. The number of rotatable bonds is 7. The van der Waals surface area contributed by atoms with Crippen LogP contribution in [0, 0.1) is 13.8 Å². The van der Waals surface area contributed by atoms with Crippen molar-refractivity contribution in [1.82, 2.24) is 15.2 Å². The topological polar surface area (TPSA) is 45.2 Å². The number of carbonyl (C=O) groups is 1. The van der Waals surface area contributed by atoms with E-state index in [9.17, 15) is 4.79 Å². The molecule has 1 saturated heterocycles. The van der Waals surface area contributed by atoms with Gasteiger partial charge in [0.2, 0.25) is 5.91 Å². The van der Waals surface area contributed by atoms with Gasteiger partial charge < -0.3 is 5.32 Å². The summed E-state index contributed by atoms with van der Waals surface area (Å²) in [5.41, 5.74) is 2.40. The van der Waals surface area contributed by atoms with Crippen molar-refractivity contribution in [3.8, 4) is 0 Å². The number of aryl methyl sites for hydroxylation is 2. The number of carbonyl (C=O) groups excluding carboxylic acids is 1. The van der Waals surface area contributed by atoms with E-state index in [4.69, 9.17) is 0 Å². The van der Waals surface area contributed by atoms with Crippen LogP contribution in [0.2, 0.25) is 0 Å². The van der Waals surface area contributed by atoms with Crippen LogP contribution in [-0.2, 0) is 4.79 Å². The second-order valence-corrected chi connectivity index (χ2v) is 8.95. The molecule has 2 aromatic rings. The van der Waals surface area contributed by atoms with E-state index < -0.39 is 0 Å². The van der Waals surface area contributed by atoms with E-state index in [1.54, 1.807) is 23.1 Å². The number of benzene rings is 1. The molecule has 0 saturated carbocycles. The SMILES string of the molecule is Cc1ccc(SCCNC(=O)CN2CCC(c3nc(C)cs3)CC2)cc1. The van der Waals surface area contributed by atoms with Gasteiger partial charge >= 0.3 is 0 Å². The third-order valence-electron chi connectivity index (χ3n) is 4.65. The van der Waals surface area contributed by atoms with Gasteiger partial charge in [0.15, 0.2) is 0 Å².